The van der Waals surface area contributed by atoms with Crippen LogP contribution in [-0.4, -0.2) is 85.3 Å². The number of aromatic nitrogens is 2. The molecule has 0 spiro atoms. The molecule has 1 aliphatic heterocycles. The van der Waals surface area contributed by atoms with Gasteiger partial charge in [-0.05, 0) is 37.1 Å². The van der Waals surface area contributed by atoms with Crippen molar-refractivity contribution in [3.8, 4) is 22.8 Å². The third-order valence-corrected chi connectivity index (χ3v) is 6.06. The van der Waals surface area contributed by atoms with Crippen LogP contribution in [-0.2, 0) is 9.59 Å². The molecule has 3 rings (SSSR count). The van der Waals surface area contributed by atoms with Crippen LogP contribution in [0.5, 0.6) is 11.5 Å². The van der Waals surface area contributed by atoms with Gasteiger partial charge in [-0.15, -0.1) is 10.2 Å². The minimum absolute atomic E-state index is 0.00110. The summed E-state index contributed by atoms with van der Waals surface area (Å²) in [6, 6.07) is 9.47. The number of carbonyl (C=O) groups is 2. The summed E-state index contributed by atoms with van der Waals surface area (Å²) in [6.07, 6.45) is 2.72. The van der Waals surface area contributed by atoms with E-state index in [2.05, 4.69) is 22.0 Å². The third-order valence-electron chi connectivity index (χ3n) is 6.06. The average molecular weight is 470 g/mol. The van der Waals surface area contributed by atoms with E-state index >= 15 is 0 Å². The molecule has 2 heterocycles. The van der Waals surface area contributed by atoms with Gasteiger partial charge < -0.3 is 24.2 Å². The van der Waals surface area contributed by atoms with Gasteiger partial charge in [-0.2, -0.15) is 0 Å². The quantitative estimate of drug-likeness (QED) is 0.558. The highest BCUT2D eigenvalue weighted by atomic mass is 16.5. The number of ether oxygens (including phenoxy) is 2. The summed E-state index contributed by atoms with van der Waals surface area (Å²) in [4.78, 5) is 30.4. The minimum atomic E-state index is -0.0536. The van der Waals surface area contributed by atoms with Gasteiger partial charge in [0, 0.05) is 51.3 Å². The zero-order valence-corrected chi connectivity index (χ0v) is 20.6. The first kappa shape index (κ1) is 25.3. The monoisotopic (exact) mass is 469 g/mol. The molecule has 0 aliphatic carbocycles. The molecule has 9 nitrogen and oxygen atoms in total. The van der Waals surface area contributed by atoms with Crippen molar-refractivity contribution in [2.75, 3.05) is 58.4 Å². The van der Waals surface area contributed by atoms with Crippen molar-refractivity contribution in [1.82, 2.24) is 20.0 Å². The summed E-state index contributed by atoms with van der Waals surface area (Å²) < 4.78 is 10.7. The van der Waals surface area contributed by atoms with Crippen molar-refractivity contribution < 1.29 is 19.1 Å². The van der Waals surface area contributed by atoms with Crippen molar-refractivity contribution in [2.45, 2.75) is 33.1 Å². The number of amides is 2. The number of hydrogen-bond donors (Lipinski definition) is 0. The Kier molecular flexibility index (Phi) is 9.07. The van der Waals surface area contributed by atoms with E-state index < -0.39 is 0 Å². The number of methoxy groups -OCH3 is 2. The number of rotatable bonds is 9. The number of nitrogens with zero attached hydrogens (tertiary/aromatic N) is 5. The van der Waals surface area contributed by atoms with Gasteiger partial charge in [0.1, 0.15) is 11.5 Å². The van der Waals surface area contributed by atoms with Crippen molar-refractivity contribution >= 4 is 17.6 Å². The lowest BCUT2D eigenvalue weighted by molar-refractivity contribution is -0.139. The van der Waals surface area contributed by atoms with Crippen LogP contribution in [0.15, 0.2) is 30.3 Å². The largest absolute Gasteiger partial charge is 0.497 e. The van der Waals surface area contributed by atoms with E-state index in [9.17, 15) is 9.59 Å². The molecule has 1 saturated heterocycles. The Hall–Kier alpha value is -3.36. The van der Waals surface area contributed by atoms with E-state index in [1.165, 1.54) is 6.92 Å². The number of hydrogen-bond acceptors (Lipinski definition) is 7. The predicted molar refractivity (Wildman–Crippen MR) is 131 cm³/mol. The smallest absolute Gasteiger partial charge is 0.242 e. The lowest BCUT2D eigenvalue weighted by Gasteiger charge is -2.26. The molecule has 0 unspecified atom stereocenters. The van der Waals surface area contributed by atoms with Crippen molar-refractivity contribution in [2.24, 2.45) is 0 Å². The van der Waals surface area contributed by atoms with Crippen LogP contribution in [0, 0.1) is 0 Å². The van der Waals surface area contributed by atoms with Gasteiger partial charge in [-0.1, -0.05) is 13.3 Å². The Bertz CT molecular complexity index is 966. The lowest BCUT2D eigenvalue weighted by atomic mass is 10.1. The molecule has 1 aromatic carbocycles. The van der Waals surface area contributed by atoms with E-state index in [0.29, 0.717) is 43.4 Å². The highest BCUT2D eigenvalue weighted by molar-refractivity contribution is 5.84. The molecule has 184 valence electrons. The Labute approximate surface area is 201 Å². The van der Waals surface area contributed by atoms with E-state index in [-0.39, 0.29) is 18.4 Å². The maximum Gasteiger partial charge on any atom is 0.242 e. The highest BCUT2D eigenvalue weighted by Crippen LogP contribution is 2.32. The third kappa shape index (κ3) is 6.36. The number of unbranched alkanes of at least 4 members (excludes halogenated alkanes) is 1. The van der Waals surface area contributed by atoms with E-state index in [4.69, 9.17) is 9.47 Å². The Morgan fingerprint density at radius 3 is 2.50 bits per heavy atom. The molecule has 0 atom stereocenters. The van der Waals surface area contributed by atoms with Gasteiger partial charge in [-0.3, -0.25) is 9.59 Å². The fraction of sp³-hybridized carbons (Fsp3) is 0.520. The second-order valence-corrected chi connectivity index (χ2v) is 8.36. The fourth-order valence-electron chi connectivity index (χ4n) is 4.00. The second kappa shape index (κ2) is 12.2. The Morgan fingerprint density at radius 2 is 1.85 bits per heavy atom. The Balaban J connectivity index is 1.63. The van der Waals surface area contributed by atoms with Gasteiger partial charge in [0.2, 0.25) is 11.8 Å². The molecule has 9 heteroatoms. The molecule has 1 aromatic heterocycles. The van der Waals surface area contributed by atoms with Crippen LogP contribution in [0.2, 0.25) is 0 Å². The number of anilines is 1. The van der Waals surface area contributed by atoms with Crippen LogP contribution in [0.3, 0.4) is 0 Å². The predicted octanol–water partition coefficient (Wildman–Crippen LogP) is 2.85. The first-order valence-electron chi connectivity index (χ1n) is 11.8. The zero-order valence-electron chi connectivity index (χ0n) is 20.6. The minimum Gasteiger partial charge on any atom is -0.497 e. The summed E-state index contributed by atoms with van der Waals surface area (Å²) in [7, 11) is 3.23. The van der Waals surface area contributed by atoms with Gasteiger partial charge >= 0.3 is 0 Å². The van der Waals surface area contributed by atoms with Gasteiger partial charge in [0.15, 0.2) is 5.82 Å². The van der Waals surface area contributed by atoms with Crippen molar-refractivity contribution in [1.29, 1.82) is 0 Å². The summed E-state index contributed by atoms with van der Waals surface area (Å²) in [5.41, 5.74) is 1.55. The lowest BCUT2D eigenvalue weighted by Crippen LogP contribution is -2.44. The number of benzene rings is 1. The van der Waals surface area contributed by atoms with Crippen molar-refractivity contribution in [3.63, 3.8) is 0 Å². The molecule has 34 heavy (non-hydrogen) atoms. The van der Waals surface area contributed by atoms with Crippen LogP contribution in [0.4, 0.5) is 5.82 Å². The van der Waals surface area contributed by atoms with Gasteiger partial charge in [-0.25, -0.2) is 0 Å². The fourth-order valence-corrected chi connectivity index (χ4v) is 4.00. The molecule has 0 N–H and O–H groups in total. The van der Waals surface area contributed by atoms with Crippen LogP contribution < -0.4 is 14.4 Å². The molecule has 2 aromatic rings. The Morgan fingerprint density at radius 1 is 1.03 bits per heavy atom. The highest BCUT2D eigenvalue weighted by Gasteiger charge is 2.23. The number of carbonyl (C=O) groups excluding carboxylic acids is 2. The molecule has 2 amide bonds. The average Bonchev–Trinajstić information content (AvgIpc) is 3.12. The van der Waals surface area contributed by atoms with Gasteiger partial charge in [0.25, 0.3) is 0 Å². The SMILES string of the molecule is CCCCN(CC(=O)N1CCCN(c2ccc(-c3ccc(OC)cc3OC)nn2)CC1)C(C)=O. The molecule has 1 aliphatic rings. The topological polar surface area (TPSA) is 88.1 Å². The summed E-state index contributed by atoms with van der Waals surface area (Å²) in [5.74, 6) is 2.11. The normalized spacial score (nSPS) is 13.9. The van der Waals surface area contributed by atoms with Crippen molar-refractivity contribution in [3.05, 3.63) is 30.3 Å². The molecular weight excluding hydrogens is 434 g/mol. The maximum absolute atomic E-state index is 12.8. The van der Waals surface area contributed by atoms with Crippen LogP contribution >= 0.6 is 0 Å². The molecule has 0 bridgehead atoms. The first-order chi connectivity index (χ1) is 16.5. The molecule has 1 fully saturated rings. The first-order valence-corrected chi connectivity index (χ1v) is 11.8. The zero-order chi connectivity index (χ0) is 24.5. The van der Waals surface area contributed by atoms with E-state index in [1.807, 2.05) is 35.2 Å². The molecular formula is C25H35N5O4. The molecule has 0 saturated carbocycles. The maximum atomic E-state index is 12.8. The van der Waals surface area contributed by atoms with Gasteiger partial charge in [0.05, 0.1) is 26.5 Å². The van der Waals surface area contributed by atoms with Crippen LogP contribution in [0.25, 0.3) is 11.3 Å². The summed E-state index contributed by atoms with van der Waals surface area (Å²) in [5, 5.41) is 8.87. The standard InChI is InChI=1S/C25H35N5O4/c1-5-6-12-30(19(2)31)18-25(32)29-14-7-13-28(15-16-29)24-11-10-22(26-27-24)21-9-8-20(33-3)17-23(21)34-4/h8-11,17H,5-7,12-16,18H2,1-4H3. The summed E-state index contributed by atoms with van der Waals surface area (Å²) >= 11 is 0. The molecule has 0 radical (unpaired) electrons. The van der Waals surface area contributed by atoms with Crippen LogP contribution in [0.1, 0.15) is 33.1 Å². The second-order valence-electron chi connectivity index (χ2n) is 8.36. The summed E-state index contributed by atoms with van der Waals surface area (Å²) in [6.45, 7) is 7.09. The van der Waals surface area contributed by atoms with E-state index in [1.54, 1.807) is 19.1 Å². The van der Waals surface area contributed by atoms with E-state index in [0.717, 1.165) is 37.2 Å².